The Balaban J connectivity index is 1.96. The molecule has 0 saturated heterocycles. The molecule has 0 amide bonds. The van der Waals surface area contributed by atoms with Gasteiger partial charge in [-0.15, -0.1) is 0 Å². The monoisotopic (exact) mass is 454 g/mol. The summed E-state index contributed by atoms with van der Waals surface area (Å²) < 4.78 is 31.9. The number of hydrogen-bond donors (Lipinski definition) is 1. The zero-order valence-electron chi connectivity index (χ0n) is 16.4. The maximum absolute atomic E-state index is 13.0. The van der Waals surface area contributed by atoms with E-state index in [0.29, 0.717) is 16.3 Å². The number of aromatic nitrogens is 3. The van der Waals surface area contributed by atoms with Crippen LogP contribution >= 0.6 is 11.6 Å². The molecule has 4 rings (SSSR count). The summed E-state index contributed by atoms with van der Waals surface area (Å²) in [4.78, 5) is 16.1. The van der Waals surface area contributed by atoms with Crippen molar-refractivity contribution in [3.8, 4) is 28.8 Å². The van der Waals surface area contributed by atoms with Crippen LogP contribution in [-0.2, 0) is 16.9 Å². The quantitative estimate of drug-likeness (QED) is 0.502. The Morgan fingerprint density at radius 1 is 1.23 bits per heavy atom. The lowest BCUT2D eigenvalue weighted by molar-refractivity contribution is 0.487. The van der Waals surface area contributed by atoms with Gasteiger partial charge in [-0.2, -0.15) is 10.4 Å². The van der Waals surface area contributed by atoms with Gasteiger partial charge in [0, 0.05) is 36.0 Å². The van der Waals surface area contributed by atoms with E-state index in [9.17, 15) is 18.5 Å². The highest BCUT2D eigenvalue weighted by molar-refractivity contribution is 7.90. The average Bonchev–Trinajstić information content (AvgIpc) is 3.10. The zero-order chi connectivity index (χ0) is 22.3. The summed E-state index contributed by atoms with van der Waals surface area (Å²) in [5.41, 5.74) is 0.673. The van der Waals surface area contributed by atoms with Gasteiger partial charge in [-0.25, -0.2) is 8.42 Å². The number of ether oxygens (including phenoxy) is 1. The van der Waals surface area contributed by atoms with Crippen LogP contribution in [0.25, 0.3) is 22.2 Å². The molecular weight excluding hydrogens is 440 g/mol. The minimum Gasteiger partial charge on any atom is -0.453 e. The third-order valence-corrected chi connectivity index (χ3v) is 5.94. The van der Waals surface area contributed by atoms with E-state index in [1.807, 2.05) is 6.07 Å². The topological polar surface area (TPSA) is 118 Å². The molecule has 2 aromatic heterocycles. The van der Waals surface area contributed by atoms with Gasteiger partial charge in [0.2, 0.25) is 0 Å². The molecule has 0 fully saturated rings. The number of pyridine rings is 1. The number of benzene rings is 2. The van der Waals surface area contributed by atoms with Gasteiger partial charge in [0.15, 0.2) is 21.0 Å². The molecule has 31 heavy (non-hydrogen) atoms. The number of aryl methyl sites for hydroxylation is 1. The van der Waals surface area contributed by atoms with E-state index in [4.69, 9.17) is 16.3 Å². The molecule has 8 nitrogen and oxygen atoms in total. The maximum atomic E-state index is 13.0. The van der Waals surface area contributed by atoms with Crippen LogP contribution in [0.15, 0.2) is 58.5 Å². The molecule has 2 aromatic carbocycles. The van der Waals surface area contributed by atoms with Gasteiger partial charge in [-0.1, -0.05) is 11.6 Å². The Labute approximate surface area is 182 Å². The Morgan fingerprint density at radius 2 is 2.00 bits per heavy atom. The molecule has 4 aromatic rings. The van der Waals surface area contributed by atoms with E-state index in [0.717, 1.165) is 6.26 Å². The summed E-state index contributed by atoms with van der Waals surface area (Å²) in [7, 11) is -1.89. The minimum absolute atomic E-state index is 0.00429. The molecular formula is C21H15ClN4O4S. The number of H-pyrrole nitrogens is 1. The SMILES string of the molecule is Cn1cc(Oc2cc(Cl)cc3[nH]c(-c4cc(C#N)ccc4S(C)(=O)=O)cc(=O)c23)cn1. The predicted molar refractivity (Wildman–Crippen MR) is 116 cm³/mol. The summed E-state index contributed by atoms with van der Waals surface area (Å²) in [6.45, 7) is 0. The Bertz CT molecular complexity index is 1550. The normalized spacial score (nSPS) is 11.4. The van der Waals surface area contributed by atoms with Gasteiger partial charge in [0.05, 0.1) is 45.5 Å². The molecule has 0 bridgehead atoms. The van der Waals surface area contributed by atoms with E-state index in [1.165, 1.54) is 36.5 Å². The number of fused-ring (bicyclic) bond motifs is 1. The second kappa shape index (κ2) is 7.58. The standard InChI is InChI=1S/C21H15ClN4O4S/c1-26-11-14(10-24-26)30-19-7-13(22)6-17-21(19)18(27)8-16(25-17)15-5-12(9-23)3-4-20(15)31(2,28)29/h3-8,10-11H,1-2H3,(H,25,27). The van der Waals surface area contributed by atoms with E-state index >= 15 is 0 Å². The van der Waals surface area contributed by atoms with Crippen molar-refractivity contribution in [1.29, 1.82) is 5.26 Å². The van der Waals surface area contributed by atoms with Crippen molar-refractivity contribution in [3.63, 3.8) is 0 Å². The average molecular weight is 455 g/mol. The third-order valence-electron chi connectivity index (χ3n) is 4.57. The first-order valence-electron chi connectivity index (χ1n) is 8.93. The first kappa shape index (κ1) is 20.7. The lowest BCUT2D eigenvalue weighted by Gasteiger charge is -2.12. The van der Waals surface area contributed by atoms with Crippen LogP contribution in [0.1, 0.15) is 5.56 Å². The fourth-order valence-electron chi connectivity index (χ4n) is 3.26. The molecule has 0 aliphatic carbocycles. The second-order valence-corrected chi connectivity index (χ2v) is 9.34. The molecule has 0 aliphatic rings. The Hall–Kier alpha value is -3.61. The zero-order valence-corrected chi connectivity index (χ0v) is 18.0. The molecule has 0 radical (unpaired) electrons. The molecule has 0 saturated carbocycles. The van der Waals surface area contributed by atoms with Gasteiger partial charge in [0.25, 0.3) is 0 Å². The molecule has 156 valence electrons. The van der Waals surface area contributed by atoms with Crippen molar-refractivity contribution in [2.24, 2.45) is 7.05 Å². The van der Waals surface area contributed by atoms with Crippen molar-refractivity contribution in [1.82, 2.24) is 14.8 Å². The third kappa shape index (κ3) is 4.03. The van der Waals surface area contributed by atoms with Crippen LogP contribution in [-0.4, -0.2) is 29.4 Å². The summed E-state index contributed by atoms with van der Waals surface area (Å²) in [5.74, 6) is 0.660. The van der Waals surface area contributed by atoms with Crippen molar-refractivity contribution in [2.45, 2.75) is 4.90 Å². The van der Waals surface area contributed by atoms with Crippen LogP contribution in [0.2, 0.25) is 5.02 Å². The Morgan fingerprint density at radius 3 is 2.65 bits per heavy atom. The van der Waals surface area contributed by atoms with Crippen molar-refractivity contribution < 1.29 is 13.2 Å². The smallest absolute Gasteiger partial charge is 0.193 e. The highest BCUT2D eigenvalue weighted by Gasteiger charge is 2.19. The van der Waals surface area contributed by atoms with Crippen LogP contribution in [0, 0.1) is 11.3 Å². The lowest BCUT2D eigenvalue weighted by Crippen LogP contribution is -2.07. The van der Waals surface area contributed by atoms with Crippen LogP contribution in [0.4, 0.5) is 0 Å². The number of nitrogens with one attached hydrogen (secondary N) is 1. The summed E-state index contributed by atoms with van der Waals surface area (Å²) in [6, 6.07) is 10.5. The molecule has 0 atom stereocenters. The second-order valence-electron chi connectivity index (χ2n) is 6.92. The number of halogens is 1. The van der Waals surface area contributed by atoms with E-state index in [2.05, 4.69) is 10.1 Å². The predicted octanol–water partition coefficient (Wildman–Crippen LogP) is 3.65. The maximum Gasteiger partial charge on any atom is 0.193 e. The first-order chi connectivity index (χ1) is 14.7. The van der Waals surface area contributed by atoms with Crippen LogP contribution < -0.4 is 10.2 Å². The Kier molecular flexibility index (Phi) is 5.05. The van der Waals surface area contributed by atoms with Crippen molar-refractivity contribution in [3.05, 3.63) is 69.6 Å². The molecule has 10 heteroatoms. The molecule has 0 unspecified atom stereocenters. The number of nitrogens with zero attached hydrogens (tertiary/aromatic N) is 3. The molecule has 1 N–H and O–H groups in total. The number of hydrogen-bond acceptors (Lipinski definition) is 6. The van der Waals surface area contributed by atoms with E-state index in [1.54, 1.807) is 24.0 Å². The van der Waals surface area contributed by atoms with Gasteiger partial charge in [-0.05, 0) is 24.3 Å². The number of sulfone groups is 1. The minimum atomic E-state index is -3.62. The van der Waals surface area contributed by atoms with Gasteiger partial charge >= 0.3 is 0 Å². The first-order valence-corrected chi connectivity index (χ1v) is 11.2. The fourth-order valence-corrected chi connectivity index (χ4v) is 4.35. The highest BCUT2D eigenvalue weighted by atomic mass is 35.5. The lowest BCUT2D eigenvalue weighted by atomic mass is 10.1. The molecule has 0 aliphatic heterocycles. The number of nitriles is 1. The van der Waals surface area contributed by atoms with Crippen LogP contribution in [0.3, 0.4) is 0 Å². The summed E-state index contributed by atoms with van der Waals surface area (Å²) in [5, 5.41) is 13.8. The van der Waals surface area contributed by atoms with Crippen molar-refractivity contribution in [2.75, 3.05) is 6.26 Å². The number of rotatable bonds is 4. The summed E-state index contributed by atoms with van der Waals surface area (Å²) in [6.07, 6.45) is 4.20. The fraction of sp³-hybridized carbons (Fsp3) is 0.0952. The molecule has 2 heterocycles. The summed E-state index contributed by atoms with van der Waals surface area (Å²) >= 11 is 6.24. The van der Waals surface area contributed by atoms with Gasteiger partial charge in [0.1, 0.15) is 5.75 Å². The molecule has 0 spiro atoms. The van der Waals surface area contributed by atoms with E-state index < -0.39 is 15.3 Å². The highest BCUT2D eigenvalue weighted by Crippen LogP contribution is 2.33. The van der Waals surface area contributed by atoms with Crippen molar-refractivity contribution >= 4 is 32.3 Å². The van der Waals surface area contributed by atoms with Gasteiger partial charge in [-0.3, -0.25) is 9.48 Å². The number of aromatic amines is 1. The van der Waals surface area contributed by atoms with Crippen LogP contribution in [0.5, 0.6) is 11.5 Å². The van der Waals surface area contributed by atoms with E-state index in [-0.39, 0.29) is 32.9 Å². The van der Waals surface area contributed by atoms with Gasteiger partial charge < -0.3 is 9.72 Å². The largest absolute Gasteiger partial charge is 0.453 e.